The largest absolute Gasteiger partial charge is 0.491 e. The smallest absolute Gasteiger partial charge is 0.195 e. The van der Waals surface area contributed by atoms with E-state index in [0.717, 1.165) is 33.3 Å². The molecule has 2 aromatic carbocycles. The van der Waals surface area contributed by atoms with E-state index in [1.54, 1.807) is 17.4 Å². The number of hydrogen-bond donors (Lipinski definition) is 2. The second-order valence-electron chi connectivity index (χ2n) is 8.84. The summed E-state index contributed by atoms with van der Waals surface area (Å²) in [6, 6.07) is 13.9. The number of nitrogens with zero attached hydrogens (tertiary/aromatic N) is 1. The van der Waals surface area contributed by atoms with Crippen LogP contribution in [0.2, 0.25) is 0 Å². The van der Waals surface area contributed by atoms with Crippen molar-refractivity contribution in [3.05, 3.63) is 75.6 Å². The van der Waals surface area contributed by atoms with Crippen LogP contribution in [0.25, 0.3) is 22.0 Å². The number of aliphatic hydroxyl groups is 2. The number of thiophene rings is 1. The highest BCUT2D eigenvalue weighted by molar-refractivity contribution is 7.08. The highest BCUT2D eigenvalue weighted by Crippen LogP contribution is 2.46. The first-order valence-electron chi connectivity index (χ1n) is 10.6. The van der Waals surface area contributed by atoms with Crippen LogP contribution in [0.3, 0.4) is 0 Å². The van der Waals surface area contributed by atoms with Gasteiger partial charge in [-0.05, 0) is 57.8 Å². The third-order valence-corrected chi connectivity index (χ3v) is 7.12. The fourth-order valence-electron chi connectivity index (χ4n) is 4.84. The van der Waals surface area contributed by atoms with E-state index >= 15 is 0 Å². The standard InChI is InChI=1S/C26H25NO4S/c1-26(2)21-11-18(31-13-17(29)12-28)5-7-19(21)24(30)23-20-6-4-15(16-8-9-32-14-16)10-22(20)27(3)25(23)26/h4-11,14,17,28-29H,12-13H2,1-3H3/t17-/m1/s1. The Morgan fingerprint density at radius 2 is 1.94 bits per heavy atom. The number of aliphatic hydroxyl groups excluding tert-OH is 2. The summed E-state index contributed by atoms with van der Waals surface area (Å²) in [5, 5.41) is 23.8. The molecule has 0 saturated carbocycles. The molecule has 0 saturated heterocycles. The maximum absolute atomic E-state index is 13.6. The first-order chi connectivity index (χ1) is 15.3. The SMILES string of the molecule is Cn1c2c(c3ccc(-c4ccsc4)cc31)C(=O)c1ccc(OC[C@H](O)CO)cc1C2(C)C. The van der Waals surface area contributed by atoms with Gasteiger partial charge in [0.05, 0.1) is 12.2 Å². The molecule has 0 radical (unpaired) electrons. The van der Waals surface area contributed by atoms with Gasteiger partial charge in [0.15, 0.2) is 5.78 Å². The van der Waals surface area contributed by atoms with Crippen LogP contribution in [0, 0.1) is 0 Å². The molecule has 2 heterocycles. The number of hydrogen-bond acceptors (Lipinski definition) is 5. The zero-order valence-corrected chi connectivity index (χ0v) is 19.1. The number of carbonyl (C=O) groups is 1. The number of carbonyl (C=O) groups excluding carboxylic acids is 1. The van der Waals surface area contributed by atoms with Crippen LogP contribution < -0.4 is 4.74 Å². The second-order valence-corrected chi connectivity index (χ2v) is 9.62. The lowest BCUT2D eigenvalue weighted by Crippen LogP contribution is -2.32. The first-order valence-corrected chi connectivity index (χ1v) is 11.5. The van der Waals surface area contributed by atoms with E-state index < -0.39 is 11.5 Å². The Bertz CT molecular complexity index is 1330. The summed E-state index contributed by atoms with van der Waals surface area (Å²) in [5.74, 6) is 0.587. The molecule has 0 amide bonds. The topological polar surface area (TPSA) is 71.7 Å². The maximum atomic E-state index is 13.6. The van der Waals surface area contributed by atoms with E-state index in [2.05, 4.69) is 53.4 Å². The average Bonchev–Trinajstić information content (AvgIpc) is 3.43. The van der Waals surface area contributed by atoms with Gasteiger partial charge in [-0.1, -0.05) is 26.0 Å². The average molecular weight is 448 g/mol. The van der Waals surface area contributed by atoms with Gasteiger partial charge in [-0.25, -0.2) is 0 Å². The molecule has 32 heavy (non-hydrogen) atoms. The fraction of sp³-hybridized carbons (Fsp3) is 0.269. The lowest BCUT2D eigenvalue weighted by molar-refractivity contribution is 0.0535. The van der Waals surface area contributed by atoms with E-state index in [1.165, 1.54) is 5.56 Å². The molecule has 1 aliphatic carbocycles. The number of aromatic nitrogens is 1. The summed E-state index contributed by atoms with van der Waals surface area (Å²) in [5.41, 5.74) is 6.25. The summed E-state index contributed by atoms with van der Waals surface area (Å²) in [6.07, 6.45) is -0.942. The Labute approximate surface area is 190 Å². The number of ketones is 1. The molecule has 0 spiro atoms. The van der Waals surface area contributed by atoms with E-state index in [0.29, 0.717) is 11.3 Å². The predicted molar refractivity (Wildman–Crippen MR) is 127 cm³/mol. The second kappa shape index (κ2) is 7.59. The minimum absolute atomic E-state index is 0.00564. The van der Waals surface area contributed by atoms with Crippen LogP contribution in [0.4, 0.5) is 0 Å². The summed E-state index contributed by atoms with van der Waals surface area (Å²) in [6.45, 7) is 3.89. The molecule has 0 bridgehead atoms. The molecule has 0 unspecified atom stereocenters. The van der Waals surface area contributed by atoms with Crippen LogP contribution in [-0.2, 0) is 12.5 Å². The van der Waals surface area contributed by atoms with Crippen molar-refractivity contribution >= 4 is 28.0 Å². The van der Waals surface area contributed by atoms with Crippen molar-refractivity contribution in [2.24, 2.45) is 7.05 Å². The van der Waals surface area contributed by atoms with Crippen molar-refractivity contribution in [3.63, 3.8) is 0 Å². The Morgan fingerprint density at radius 3 is 2.66 bits per heavy atom. The molecule has 2 aromatic heterocycles. The fourth-order valence-corrected chi connectivity index (χ4v) is 5.51. The molecule has 5 rings (SSSR count). The summed E-state index contributed by atoms with van der Waals surface area (Å²) >= 11 is 1.67. The molecule has 6 heteroatoms. The van der Waals surface area contributed by atoms with Crippen molar-refractivity contribution in [1.82, 2.24) is 4.57 Å². The first kappa shape index (κ1) is 20.9. The van der Waals surface area contributed by atoms with Crippen LogP contribution in [0.5, 0.6) is 5.75 Å². The Balaban J connectivity index is 1.65. The summed E-state index contributed by atoms with van der Waals surface area (Å²) in [4.78, 5) is 13.6. The van der Waals surface area contributed by atoms with E-state index in [1.807, 2.05) is 19.2 Å². The molecule has 2 N–H and O–H groups in total. The lowest BCUT2D eigenvalue weighted by atomic mass is 9.71. The van der Waals surface area contributed by atoms with Crippen molar-refractivity contribution in [1.29, 1.82) is 0 Å². The van der Waals surface area contributed by atoms with Crippen LogP contribution >= 0.6 is 11.3 Å². The Kier molecular flexibility index (Phi) is 4.97. The van der Waals surface area contributed by atoms with Crippen molar-refractivity contribution < 1.29 is 19.7 Å². The molecule has 0 aliphatic heterocycles. The number of benzene rings is 2. The Morgan fingerprint density at radius 1 is 1.12 bits per heavy atom. The van der Waals surface area contributed by atoms with Gasteiger partial charge in [-0.15, -0.1) is 0 Å². The highest BCUT2D eigenvalue weighted by atomic mass is 32.1. The zero-order chi connectivity index (χ0) is 22.6. The van der Waals surface area contributed by atoms with Gasteiger partial charge in [-0.2, -0.15) is 11.3 Å². The number of rotatable bonds is 5. The molecule has 1 aliphatic rings. The quantitative estimate of drug-likeness (QED) is 0.472. The van der Waals surface area contributed by atoms with Crippen LogP contribution in [0.15, 0.2) is 53.2 Å². The monoisotopic (exact) mass is 447 g/mol. The van der Waals surface area contributed by atoms with Gasteiger partial charge < -0.3 is 19.5 Å². The van der Waals surface area contributed by atoms with E-state index in [4.69, 9.17) is 9.84 Å². The third-order valence-electron chi connectivity index (χ3n) is 6.44. The van der Waals surface area contributed by atoms with Crippen molar-refractivity contribution in [2.75, 3.05) is 13.2 Å². The molecule has 0 fully saturated rings. The molecule has 4 aromatic rings. The molecular weight excluding hydrogens is 422 g/mol. The van der Waals surface area contributed by atoms with Crippen LogP contribution in [0.1, 0.15) is 41.0 Å². The van der Waals surface area contributed by atoms with Crippen LogP contribution in [-0.4, -0.2) is 39.9 Å². The summed E-state index contributed by atoms with van der Waals surface area (Å²) < 4.78 is 7.80. The zero-order valence-electron chi connectivity index (χ0n) is 18.3. The van der Waals surface area contributed by atoms with Gasteiger partial charge >= 0.3 is 0 Å². The van der Waals surface area contributed by atoms with Gasteiger partial charge in [-0.3, -0.25) is 4.79 Å². The van der Waals surface area contributed by atoms with Crippen molar-refractivity contribution in [2.45, 2.75) is 25.4 Å². The van der Waals surface area contributed by atoms with Crippen molar-refractivity contribution in [3.8, 4) is 16.9 Å². The molecule has 164 valence electrons. The minimum Gasteiger partial charge on any atom is -0.491 e. The van der Waals surface area contributed by atoms with E-state index in [9.17, 15) is 9.90 Å². The predicted octanol–water partition coefficient (Wildman–Crippen LogP) is 4.51. The molecule has 1 atom stereocenters. The molecular formula is C26H25NO4S. The maximum Gasteiger partial charge on any atom is 0.195 e. The third kappa shape index (κ3) is 3.10. The lowest BCUT2D eigenvalue weighted by Gasteiger charge is -2.34. The van der Waals surface area contributed by atoms with Gasteiger partial charge in [0.2, 0.25) is 0 Å². The minimum atomic E-state index is -0.942. The van der Waals surface area contributed by atoms with E-state index in [-0.39, 0.29) is 19.0 Å². The van der Waals surface area contributed by atoms with Gasteiger partial charge in [0, 0.05) is 34.6 Å². The van der Waals surface area contributed by atoms with Gasteiger partial charge in [0.25, 0.3) is 0 Å². The normalized spacial score (nSPS) is 15.5. The van der Waals surface area contributed by atoms with Gasteiger partial charge in [0.1, 0.15) is 18.5 Å². The highest BCUT2D eigenvalue weighted by Gasteiger charge is 2.41. The number of fused-ring (bicyclic) bond motifs is 4. The number of aryl methyl sites for hydroxylation is 1. The summed E-state index contributed by atoms with van der Waals surface area (Å²) in [7, 11) is 2.02. The Hall–Kier alpha value is -2.93. The number of ether oxygens (including phenoxy) is 1. The molecule has 5 nitrogen and oxygen atoms in total.